The number of benzene rings is 2. The third-order valence-corrected chi connectivity index (χ3v) is 5.07. The van der Waals surface area contributed by atoms with Gasteiger partial charge >= 0.3 is 0 Å². The maximum absolute atomic E-state index is 12.6. The van der Waals surface area contributed by atoms with Crippen LogP contribution in [-0.4, -0.2) is 24.5 Å². The fraction of sp³-hybridized carbons (Fsp3) is 0.250. The lowest BCUT2D eigenvalue weighted by Crippen LogP contribution is -2.28. The minimum atomic E-state index is 0.0593. The van der Waals surface area contributed by atoms with Crippen LogP contribution in [0.25, 0.3) is 6.08 Å². The molecule has 1 unspecified atom stereocenters. The second kappa shape index (κ2) is 7.67. The summed E-state index contributed by atoms with van der Waals surface area (Å²) in [5.41, 5.74) is 2.17. The highest BCUT2D eigenvalue weighted by Gasteiger charge is 2.28. The van der Waals surface area contributed by atoms with Crippen LogP contribution in [0.4, 0.5) is 0 Å². The Labute approximate surface area is 151 Å². The van der Waals surface area contributed by atoms with E-state index in [2.05, 4.69) is 15.9 Å². The lowest BCUT2D eigenvalue weighted by Gasteiger charge is -2.24. The zero-order valence-corrected chi connectivity index (χ0v) is 15.2. The summed E-state index contributed by atoms with van der Waals surface area (Å²) in [6.45, 7) is 0.801. The summed E-state index contributed by atoms with van der Waals surface area (Å²) < 4.78 is 6.20. The van der Waals surface area contributed by atoms with Gasteiger partial charge in [-0.05, 0) is 48.2 Å². The first-order valence-corrected chi connectivity index (χ1v) is 8.85. The molecule has 1 aliphatic rings. The fourth-order valence-electron chi connectivity index (χ4n) is 3.07. The number of hydrogen-bond acceptors (Lipinski definition) is 2. The van der Waals surface area contributed by atoms with Crippen molar-refractivity contribution in [3.63, 3.8) is 0 Å². The van der Waals surface area contributed by atoms with E-state index in [1.165, 1.54) is 0 Å². The SMILES string of the molecule is COc1ccc(C2CCCN2C(=O)C=Cc2ccccc2Br)cc1. The molecule has 1 amide bonds. The largest absolute Gasteiger partial charge is 0.497 e. The number of likely N-dealkylation sites (tertiary alicyclic amines) is 1. The minimum Gasteiger partial charge on any atom is -0.497 e. The molecule has 1 aliphatic heterocycles. The number of ether oxygens (including phenoxy) is 1. The lowest BCUT2D eigenvalue weighted by molar-refractivity contribution is -0.126. The second-order valence-corrected chi connectivity index (χ2v) is 6.67. The van der Waals surface area contributed by atoms with Crippen molar-refractivity contribution in [2.24, 2.45) is 0 Å². The number of amides is 1. The minimum absolute atomic E-state index is 0.0593. The molecule has 1 fully saturated rings. The fourth-order valence-corrected chi connectivity index (χ4v) is 3.49. The molecule has 0 radical (unpaired) electrons. The molecule has 3 rings (SSSR count). The number of carbonyl (C=O) groups excluding carboxylic acids is 1. The van der Waals surface area contributed by atoms with E-state index in [0.29, 0.717) is 0 Å². The van der Waals surface area contributed by atoms with E-state index in [0.717, 1.165) is 40.7 Å². The number of rotatable bonds is 4. The molecule has 3 nitrogen and oxygen atoms in total. The number of carbonyl (C=O) groups is 1. The van der Waals surface area contributed by atoms with Gasteiger partial charge in [0.1, 0.15) is 5.75 Å². The molecule has 124 valence electrons. The zero-order chi connectivity index (χ0) is 16.9. The summed E-state index contributed by atoms with van der Waals surface area (Å²) in [5.74, 6) is 0.896. The Morgan fingerprint density at radius 3 is 2.67 bits per heavy atom. The molecular weight excluding hydrogens is 366 g/mol. The average Bonchev–Trinajstić information content (AvgIpc) is 3.10. The first-order chi connectivity index (χ1) is 11.7. The van der Waals surface area contributed by atoms with Crippen LogP contribution < -0.4 is 4.74 Å². The van der Waals surface area contributed by atoms with Crippen LogP contribution in [0.1, 0.15) is 30.0 Å². The maximum atomic E-state index is 12.6. The summed E-state index contributed by atoms with van der Waals surface area (Å²) in [7, 11) is 1.66. The van der Waals surface area contributed by atoms with Gasteiger partial charge in [-0.15, -0.1) is 0 Å². The Morgan fingerprint density at radius 1 is 1.21 bits per heavy atom. The molecule has 0 spiro atoms. The standard InChI is InChI=1S/C20H20BrNO2/c1-24-17-11-8-16(9-12-17)19-7-4-14-22(19)20(23)13-10-15-5-2-3-6-18(15)21/h2-3,5-6,8-13,19H,4,7,14H2,1H3. The van der Waals surface area contributed by atoms with Crippen LogP contribution in [-0.2, 0) is 4.79 Å². The Kier molecular flexibility index (Phi) is 5.36. The molecule has 2 aromatic rings. The van der Waals surface area contributed by atoms with E-state index < -0.39 is 0 Å². The predicted octanol–water partition coefficient (Wildman–Crippen LogP) is 4.83. The van der Waals surface area contributed by atoms with E-state index in [4.69, 9.17) is 4.74 Å². The maximum Gasteiger partial charge on any atom is 0.247 e. The highest BCUT2D eigenvalue weighted by molar-refractivity contribution is 9.10. The molecule has 0 saturated carbocycles. The average molecular weight is 386 g/mol. The second-order valence-electron chi connectivity index (χ2n) is 5.82. The van der Waals surface area contributed by atoms with E-state index >= 15 is 0 Å². The molecule has 24 heavy (non-hydrogen) atoms. The van der Waals surface area contributed by atoms with Crippen molar-refractivity contribution in [1.29, 1.82) is 0 Å². The quantitative estimate of drug-likeness (QED) is 0.705. The Hall–Kier alpha value is -2.07. The van der Waals surface area contributed by atoms with Crippen LogP contribution >= 0.6 is 15.9 Å². The van der Waals surface area contributed by atoms with E-state index in [9.17, 15) is 4.79 Å². The molecular formula is C20H20BrNO2. The molecule has 0 bridgehead atoms. The third kappa shape index (κ3) is 3.70. The Morgan fingerprint density at radius 2 is 1.96 bits per heavy atom. The van der Waals surface area contributed by atoms with Crippen LogP contribution in [0, 0.1) is 0 Å². The topological polar surface area (TPSA) is 29.5 Å². The van der Waals surface area contributed by atoms with Gasteiger partial charge in [-0.1, -0.05) is 46.3 Å². The van der Waals surface area contributed by atoms with Crippen molar-refractivity contribution in [3.05, 3.63) is 70.2 Å². The van der Waals surface area contributed by atoms with Gasteiger partial charge in [-0.2, -0.15) is 0 Å². The number of hydrogen-bond donors (Lipinski definition) is 0. The van der Waals surface area contributed by atoms with Crippen LogP contribution in [0.5, 0.6) is 5.75 Å². The van der Waals surface area contributed by atoms with Gasteiger partial charge in [-0.3, -0.25) is 4.79 Å². The summed E-state index contributed by atoms with van der Waals surface area (Å²) >= 11 is 3.50. The van der Waals surface area contributed by atoms with Gasteiger partial charge < -0.3 is 9.64 Å². The third-order valence-electron chi connectivity index (χ3n) is 4.35. The molecule has 0 aliphatic carbocycles. The van der Waals surface area contributed by atoms with Crippen molar-refractivity contribution >= 4 is 27.9 Å². The van der Waals surface area contributed by atoms with Gasteiger partial charge in [0.2, 0.25) is 5.91 Å². The normalized spacial score (nSPS) is 17.4. The van der Waals surface area contributed by atoms with E-state index in [-0.39, 0.29) is 11.9 Å². The number of nitrogens with zero attached hydrogens (tertiary/aromatic N) is 1. The van der Waals surface area contributed by atoms with Gasteiger partial charge in [0, 0.05) is 17.1 Å². The molecule has 4 heteroatoms. The molecule has 2 aromatic carbocycles. The highest BCUT2D eigenvalue weighted by atomic mass is 79.9. The molecule has 1 atom stereocenters. The monoisotopic (exact) mass is 385 g/mol. The van der Waals surface area contributed by atoms with E-state index in [1.807, 2.05) is 59.5 Å². The molecule has 0 N–H and O–H groups in total. The summed E-state index contributed by atoms with van der Waals surface area (Å²) in [4.78, 5) is 14.6. The molecule has 0 aromatic heterocycles. The summed E-state index contributed by atoms with van der Waals surface area (Å²) in [6, 6.07) is 16.0. The lowest BCUT2D eigenvalue weighted by atomic mass is 10.0. The smallest absolute Gasteiger partial charge is 0.247 e. The van der Waals surface area contributed by atoms with Gasteiger partial charge in [0.25, 0.3) is 0 Å². The van der Waals surface area contributed by atoms with Crippen molar-refractivity contribution < 1.29 is 9.53 Å². The van der Waals surface area contributed by atoms with Gasteiger partial charge in [-0.25, -0.2) is 0 Å². The zero-order valence-electron chi connectivity index (χ0n) is 13.6. The summed E-state index contributed by atoms with van der Waals surface area (Å²) in [5, 5.41) is 0. The first-order valence-electron chi connectivity index (χ1n) is 8.06. The van der Waals surface area contributed by atoms with Crippen molar-refractivity contribution in [1.82, 2.24) is 4.90 Å². The van der Waals surface area contributed by atoms with E-state index in [1.54, 1.807) is 13.2 Å². The number of halogens is 1. The van der Waals surface area contributed by atoms with Gasteiger partial charge in [0.15, 0.2) is 0 Å². The Balaban J connectivity index is 1.74. The summed E-state index contributed by atoms with van der Waals surface area (Å²) in [6.07, 6.45) is 5.57. The number of methoxy groups -OCH3 is 1. The van der Waals surface area contributed by atoms with Crippen LogP contribution in [0.2, 0.25) is 0 Å². The van der Waals surface area contributed by atoms with Crippen molar-refractivity contribution in [2.75, 3.05) is 13.7 Å². The van der Waals surface area contributed by atoms with Crippen LogP contribution in [0.3, 0.4) is 0 Å². The molecule has 1 heterocycles. The van der Waals surface area contributed by atoms with Crippen LogP contribution in [0.15, 0.2) is 59.1 Å². The van der Waals surface area contributed by atoms with Crippen molar-refractivity contribution in [3.8, 4) is 5.75 Å². The van der Waals surface area contributed by atoms with Crippen molar-refractivity contribution in [2.45, 2.75) is 18.9 Å². The molecule has 1 saturated heterocycles. The van der Waals surface area contributed by atoms with Gasteiger partial charge in [0.05, 0.1) is 13.2 Å². The Bertz CT molecular complexity index is 740. The highest BCUT2D eigenvalue weighted by Crippen LogP contribution is 2.33. The predicted molar refractivity (Wildman–Crippen MR) is 99.9 cm³/mol. The first kappa shape index (κ1) is 16.8.